The zero-order valence-corrected chi connectivity index (χ0v) is 18.8. The minimum absolute atomic E-state index is 0.124. The second-order valence-electron chi connectivity index (χ2n) is 9.00. The highest BCUT2D eigenvalue weighted by molar-refractivity contribution is 6.02. The van der Waals surface area contributed by atoms with Gasteiger partial charge in [-0.25, -0.2) is 9.97 Å². The summed E-state index contributed by atoms with van der Waals surface area (Å²) < 4.78 is 0. The molecule has 0 spiro atoms. The molecule has 1 aliphatic carbocycles. The number of anilines is 1. The lowest BCUT2D eigenvalue weighted by atomic mass is 9.91. The molecule has 1 aliphatic heterocycles. The number of nitrogens with zero attached hydrogens (tertiary/aromatic N) is 3. The Kier molecular flexibility index (Phi) is 7.47. The lowest BCUT2D eigenvalue weighted by Gasteiger charge is -2.36. The van der Waals surface area contributed by atoms with Gasteiger partial charge in [-0.1, -0.05) is 31.4 Å². The van der Waals surface area contributed by atoms with Crippen molar-refractivity contribution in [1.82, 2.24) is 20.2 Å². The van der Waals surface area contributed by atoms with E-state index in [1.54, 1.807) is 12.3 Å². The maximum Gasteiger partial charge on any atom is 0.274 e. The molecule has 1 saturated carbocycles. The van der Waals surface area contributed by atoms with Crippen molar-refractivity contribution in [3.05, 3.63) is 54.1 Å². The Labute approximate surface area is 190 Å². The van der Waals surface area contributed by atoms with Crippen LogP contribution in [0, 0.1) is 5.92 Å². The average Bonchev–Trinajstić information content (AvgIpc) is 2.85. The van der Waals surface area contributed by atoms with Crippen LogP contribution < -0.4 is 10.6 Å². The molecular weight excluding hydrogens is 402 g/mol. The smallest absolute Gasteiger partial charge is 0.274 e. The topological polar surface area (TPSA) is 87.2 Å². The molecule has 2 amide bonds. The van der Waals surface area contributed by atoms with Gasteiger partial charge in [-0.05, 0) is 69.5 Å². The first-order valence-electron chi connectivity index (χ1n) is 11.8. The lowest BCUT2D eigenvalue weighted by molar-refractivity contribution is -0.127. The fourth-order valence-corrected chi connectivity index (χ4v) is 4.82. The van der Waals surface area contributed by atoms with Crippen LogP contribution in [-0.2, 0) is 4.79 Å². The quantitative estimate of drug-likeness (QED) is 0.717. The molecule has 170 valence electrons. The summed E-state index contributed by atoms with van der Waals surface area (Å²) in [4.78, 5) is 35.4. The summed E-state index contributed by atoms with van der Waals surface area (Å²) in [6.07, 6.45) is 10.7. The van der Waals surface area contributed by atoms with Gasteiger partial charge in [0.1, 0.15) is 12.0 Å². The number of likely N-dealkylation sites (tertiary alicyclic amines) is 1. The third-order valence-electron chi connectivity index (χ3n) is 6.84. The largest absolute Gasteiger partial charge is 0.353 e. The monoisotopic (exact) mass is 435 g/mol. The van der Waals surface area contributed by atoms with Crippen LogP contribution in [-0.4, -0.2) is 45.8 Å². The molecule has 7 heteroatoms. The maximum absolute atomic E-state index is 12.7. The number of benzene rings is 1. The van der Waals surface area contributed by atoms with Crippen molar-refractivity contribution in [1.29, 1.82) is 0 Å². The lowest BCUT2D eigenvalue weighted by Crippen LogP contribution is -2.44. The molecular formula is C25H33N5O2. The van der Waals surface area contributed by atoms with Crippen LogP contribution in [0.5, 0.6) is 0 Å². The van der Waals surface area contributed by atoms with Gasteiger partial charge in [-0.3, -0.25) is 14.5 Å². The fraction of sp³-hybridized carbons (Fsp3) is 0.520. The van der Waals surface area contributed by atoms with E-state index in [4.69, 9.17) is 0 Å². The van der Waals surface area contributed by atoms with Crippen LogP contribution in [0.2, 0.25) is 0 Å². The minimum Gasteiger partial charge on any atom is -0.353 e. The summed E-state index contributed by atoms with van der Waals surface area (Å²) >= 11 is 0. The molecule has 1 aromatic carbocycles. The Morgan fingerprint density at radius 2 is 1.84 bits per heavy atom. The van der Waals surface area contributed by atoms with Crippen LogP contribution in [0.25, 0.3) is 0 Å². The predicted molar refractivity (Wildman–Crippen MR) is 124 cm³/mol. The number of hydrogen-bond acceptors (Lipinski definition) is 5. The highest BCUT2D eigenvalue weighted by Gasteiger charge is 2.29. The summed E-state index contributed by atoms with van der Waals surface area (Å²) in [5.74, 6) is 0.125. The molecule has 1 atom stereocenters. The second-order valence-corrected chi connectivity index (χ2v) is 9.00. The molecule has 2 heterocycles. The first-order valence-corrected chi connectivity index (χ1v) is 11.8. The Morgan fingerprint density at radius 1 is 1.06 bits per heavy atom. The van der Waals surface area contributed by atoms with Gasteiger partial charge in [0, 0.05) is 29.9 Å². The number of piperidine rings is 1. The van der Waals surface area contributed by atoms with Crippen LogP contribution >= 0.6 is 0 Å². The summed E-state index contributed by atoms with van der Waals surface area (Å²) in [6, 6.07) is 10.2. The van der Waals surface area contributed by atoms with Gasteiger partial charge in [0.15, 0.2) is 0 Å². The normalized spacial score (nSPS) is 19.3. The molecule has 2 aromatic rings. The van der Waals surface area contributed by atoms with E-state index in [9.17, 15) is 9.59 Å². The Morgan fingerprint density at radius 3 is 2.56 bits per heavy atom. The third-order valence-corrected chi connectivity index (χ3v) is 6.84. The van der Waals surface area contributed by atoms with Crippen molar-refractivity contribution < 1.29 is 9.59 Å². The van der Waals surface area contributed by atoms with Crippen molar-refractivity contribution in [2.75, 3.05) is 18.4 Å². The molecule has 0 radical (unpaired) electrons. The minimum atomic E-state index is -0.248. The number of aromatic nitrogens is 2. The third kappa shape index (κ3) is 5.71. The first-order chi connectivity index (χ1) is 15.6. The summed E-state index contributed by atoms with van der Waals surface area (Å²) in [5.41, 5.74) is 2.24. The molecule has 32 heavy (non-hydrogen) atoms. The Balaban J connectivity index is 1.30. The van der Waals surface area contributed by atoms with Gasteiger partial charge >= 0.3 is 0 Å². The number of carbonyl (C=O) groups is 2. The first kappa shape index (κ1) is 22.4. The standard InChI is InChI=1S/C25H33N5O2/c1-18(20-6-5-9-22(16-20)29-25(32)23-10-13-26-17-27-23)30-14-11-19(12-15-30)24(31)28-21-7-3-2-4-8-21/h5-6,9-10,13,16-19,21H,2-4,7-8,11-12,14-15H2,1H3,(H,28,31)(H,29,32). The maximum atomic E-state index is 12.7. The van der Waals surface area contributed by atoms with Gasteiger partial charge in [0.05, 0.1) is 0 Å². The molecule has 1 unspecified atom stereocenters. The number of nitrogens with one attached hydrogen (secondary N) is 2. The van der Waals surface area contributed by atoms with E-state index in [0.29, 0.717) is 11.7 Å². The zero-order chi connectivity index (χ0) is 22.3. The predicted octanol–water partition coefficient (Wildman–Crippen LogP) is 3.95. The van der Waals surface area contributed by atoms with Crippen LogP contribution in [0.1, 0.15) is 74.0 Å². The number of rotatable bonds is 6. The number of carbonyl (C=O) groups excluding carboxylic acids is 2. The number of hydrogen-bond donors (Lipinski definition) is 2. The van der Waals surface area contributed by atoms with Crippen molar-refractivity contribution in [2.45, 2.75) is 64.0 Å². The van der Waals surface area contributed by atoms with Crippen LogP contribution in [0.3, 0.4) is 0 Å². The molecule has 7 nitrogen and oxygen atoms in total. The molecule has 2 fully saturated rings. The molecule has 2 aliphatic rings. The van der Waals surface area contributed by atoms with Crippen molar-refractivity contribution in [3.8, 4) is 0 Å². The van der Waals surface area contributed by atoms with Gasteiger partial charge < -0.3 is 10.6 Å². The van der Waals surface area contributed by atoms with Crippen LogP contribution in [0.4, 0.5) is 5.69 Å². The van der Waals surface area contributed by atoms with Crippen molar-refractivity contribution in [3.63, 3.8) is 0 Å². The second kappa shape index (κ2) is 10.7. The summed E-state index contributed by atoms with van der Waals surface area (Å²) in [7, 11) is 0. The molecule has 2 N–H and O–H groups in total. The van der Waals surface area contributed by atoms with E-state index in [2.05, 4.69) is 38.5 Å². The van der Waals surface area contributed by atoms with Crippen molar-refractivity contribution >= 4 is 17.5 Å². The Bertz CT molecular complexity index is 906. The van der Waals surface area contributed by atoms with Gasteiger partial charge in [0.25, 0.3) is 5.91 Å². The molecule has 4 rings (SSSR count). The highest BCUT2D eigenvalue weighted by Crippen LogP contribution is 2.28. The van der Waals surface area contributed by atoms with E-state index < -0.39 is 0 Å². The van der Waals surface area contributed by atoms with E-state index >= 15 is 0 Å². The summed E-state index contributed by atoms with van der Waals surface area (Å²) in [6.45, 7) is 4.00. The average molecular weight is 436 g/mol. The van der Waals surface area contributed by atoms with E-state index in [1.807, 2.05) is 18.2 Å². The molecule has 1 aromatic heterocycles. The van der Waals surface area contributed by atoms with Gasteiger partial charge in [0.2, 0.25) is 5.91 Å². The molecule has 0 bridgehead atoms. The van der Waals surface area contributed by atoms with E-state index in [1.165, 1.54) is 25.6 Å². The number of amides is 2. The summed E-state index contributed by atoms with van der Waals surface area (Å²) in [5, 5.41) is 6.21. The Hall–Kier alpha value is -2.80. The fourth-order valence-electron chi connectivity index (χ4n) is 4.82. The van der Waals surface area contributed by atoms with Crippen LogP contribution in [0.15, 0.2) is 42.9 Å². The highest BCUT2D eigenvalue weighted by atomic mass is 16.2. The van der Waals surface area contributed by atoms with Gasteiger partial charge in [-0.2, -0.15) is 0 Å². The van der Waals surface area contributed by atoms with Crippen molar-refractivity contribution in [2.24, 2.45) is 5.92 Å². The SMILES string of the molecule is CC(c1cccc(NC(=O)c2ccncn2)c1)N1CCC(C(=O)NC2CCCCC2)CC1. The van der Waals surface area contributed by atoms with Gasteiger partial charge in [-0.15, -0.1) is 0 Å². The zero-order valence-electron chi connectivity index (χ0n) is 18.8. The van der Waals surface area contributed by atoms with E-state index in [-0.39, 0.29) is 23.8 Å². The molecule has 1 saturated heterocycles. The van der Waals surface area contributed by atoms with E-state index in [0.717, 1.165) is 50.0 Å².